The second-order valence-electron chi connectivity index (χ2n) is 1.59. The first-order valence-corrected chi connectivity index (χ1v) is 4.32. The van der Waals surface area contributed by atoms with Gasteiger partial charge in [-0.2, -0.15) is 5.26 Å². The van der Waals surface area contributed by atoms with E-state index >= 15 is 0 Å². The third kappa shape index (κ3) is 3.35. The van der Waals surface area contributed by atoms with Gasteiger partial charge < -0.3 is 5.73 Å². The highest BCUT2D eigenvalue weighted by Gasteiger charge is 2.08. The summed E-state index contributed by atoms with van der Waals surface area (Å²) in [4.78, 5) is 10.5. The minimum absolute atomic E-state index is 0.0693. The molecule has 0 unspecified atom stereocenters. The summed E-state index contributed by atoms with van der Waals surface area (Å²) in [6.45, 7) is 1.90. The van der Waals surface area contributed by atoms with Crippen LogP contribution in [0.2, 0.25) is 0 Å². The van der Waals surface area contributed by atoms with Crippen LogP contribution in [0.3, 0.4) is 0 Å². The largest absolute Gasteiger partial charge is 0.365 e. The Hall–Kier alpha value is -0.600. The number of nitrogens with zero attached hydrogens (tertiary/aromatic N) is 1. The molecular formula is C6H8N2OS2. The fourth-order valence-corrected chi connectivity index (χ4v) is 1.53. The molecule has 11 heavy (non-hydrogen) atoms. The molecule has 2 N–H and O–H groups in total. The molecule has 0 saturated heterocycles. The van der Waals surface area contributed by atoms with Crippen LogP contribution < -0.4 is 5.73 Å². The number of nitrogens with two attached hydrogens (primary N) is 1. The van der Waals surface area contributed by atoms with Crippen molar-refractivity contribution in [3.63, 3.8) is 0 Å². The van der Waals surface area contributed by atoms with Crippen LogP contribution in [-0.4, -0.2) is 11.7 Å². The van der Waals surface area contributed by atoms with Gasteiger partial charge in [0.2, 0.25) is 0 Å². The van der Waals surface area contributed by atoms with Crippen LogP contribution in [0, 0.1) is 11.3 Å². The van der Waals surface area contributed by atoms with E-state index in [1.165, 1.54) is 11.8 Å². The van der Waals surface area contributed by atoms with Gasteiger partial charge in [0.05, 0.1) is 4.24 Å². The number of amides is 1. The first-order valence-electron chi connectivity index (χ1n) is 2.89. The lowest BCUT2D eigenvalue weighted by molar-refractivity contribution is -0.114. The molecule has 0 aliphatic rings. The predicted molar refractivity (Wildman–Crippen MR) is 49.0 cm³/mol. The molecule has 3 nitrogen and oxygen atoms in total. The molecule has 1 amide bonds. The maximum atomic E-state index is 10.5. The maximum Gasteiger partial charge on any atom is 0.261 e. The van der Waals surface area contributed by atoms with E-state index < -0.39 is 5.91 Å². The van der Waals surface area contributed by atoms with Crippen molar-refractivity contribution in [3.8, 4) is 6.07 Å². The van der Waals surface area contributed by atoms with E-state index in [4.69, 9.17) is 11.0 Å². The quantitative estimate of drug-likeness (QED) is 0.392. The van der Waals surface area contributed by atoms with Crippen molar-refractivity contribution in [2.75, 3.05) is 5.75 Å². The highest BCUT2D eigenvalue weighted by molar-refractivity contribution is 8.15. The molecule has 0 fully saturated rings. The van der Waals surface area contributed by atoms with E-state index in [2.05, 4.69) is 12.6 Å². The zero-order chi connectivity index (χ0) is 8.85. The normalized spacial score (nSPS) is 11.7. The van der Waals surface area contributed by atoms with Crippen LogP contribution in [0.5, 0.6) is 0 Å². The summed E-state index contributed by atoms with van der Waals surface area (Å²) in [5, 5.41) is 8.42. The molecule has 0 aliphatic heterocycles. The van der Waals surface area contributed by atoms with Crippen molar-refractivity contribution < 1.29 is 4.79 Å². The number of thioether (sulfide) groups is 1. The van der Waals surface area contributed by atoms with Gasteiger partial charge in [-0.05, 0) is 5.75 Å². The average molecular weight is 188 g/mol. The topological polar surface area (TPSA) is 66.9 Å². The highest BCUT2D eigenvalue weighted by Crippen LogP contribution is 2.22. The lowest BCUT2D eigenvalue weighted by atomic mass is 10.3. The second kappa shape index (κ2) is 5.10. The molecule has 0 radical (unpaired) electrons. The number of rotatable bonds is 3. The third-order valence-electron chi connectivity index (χ3n) is 0.853. The van der Waals surface area contributed by atoms with Gasteiger partial charge in [0.1, 0.15) is 11.6 Å². The van der Waals surface area contributed by atoms with Crippen molar-refractivity contribution in [2.24, 2.45) is 5.73 Å². The van der Waals surface area contributed by atoms with Crippen LogP contribution in [0.4, 0.5) is 0 Å². The van der Waals surface area contributed by atoms with Crippen molar-refractivity contribution in [1.29, 1.82) is 5.26 Å². The van der Waals surface area contributed by atoms with Gasteiger partial charge in [-0.1, -0.05) is 6.92 Å². The molecule has 0 aliphatic carbocycles. The Labute approximate surface area is 75.0 Å². The Bertz CT molecular complexity index is 229. The van der Waals surface area contributed by atoms with E-state index in [1.807, 2.05) is 6.92 Å². The lowest BCUT2D eigenvalue weighted by Gasteiger charge is -1.97. The Morgan fingerprint density at radius 1 is 1.82 bits per heavy atom. The van der Waals surface area contributed by atoms with Crippen molar-refractivity contribution in [1.82, 2.24) is 0 Å². The summed E-state index contributed by atoms with van der Waals surface area (Å²) in [7, 11) is 0. The number of carbonyl (C=O) groups is 1. The molecule has 0 atom stereocenters. The first kappa shape index (κ1) is 10.4. The number of nitriles is 1. The summed E-state index contributed by atoms with van der Waals surface area (Å²) in [5.74, 6) is 0.0375. The number of primary amides is 1. The molecule has 0 aromatic carbocycles. The van der Waals surface area contributed by atoms with Crippen LogP contribution in [0.25, 0.3) is 0 Å². The zero-order valence-electron chi connectivity index (χ0n) is 6.00. The molecular weight excluding hydrogens is 180 g/mol. The third-order valence-corrected chi connectivity index (χ3v) is 2.23. The molecule has 0 bridgehead atoms. The second-order valence-corrected chi connectivity index (χ2v) is 3.61. The van der Waals surface area contributed by atoms with Crippen molar-refractivity contribution >= 4 is 30.3 Å². The summed E-state index contributed by atoms with van der Waals surface area (Å²) >= 11 is 5.26. The SMILES string of the molecule is CCS/C(S)=C(\C#N)C(N)=O. The molecule has 0 spiro atoms. The van der Waals surface area contributed by atoms with Gasteiger partial charge in [-0.15, -0.1) is 24.4 Å². The molecule has 60 valence electrons. The Morgan fingerprint density at radius 2 is 2.36 bits per heavy atom. The molecule has 0 rings (SSSR count). The summed E-state index contributed by atoms with van der Waals surface area (Å²) in [6.07, 6.45) is 0. The van der Waals surface area contributed by atoms with E-state index in [0.29, 0.717) is 4.24 Å². The fourth-order valence-electron chi connectivity index (χ4n) is 0.417. The van der Waals surface area contributed by atoms with Gasteiger partial charge in [0, 0.05) is 0 Å². The molecule has 5 heteroatoms. The Balaban J connectivity index is 4.58. The van der Waals surface area contributed by atoms with Gasteiger partial charge in [0.25, 0.3) is 5.91 Å². The smallest absolute Gasteiger partial charge is 0.261 e. The molecule has 0 saturated carbocycles. The number of thiol groups is 1. The van der Waals surface area contributed by atoms with Crippen LogP contribution in [0.15, 0.2) is 9.81 Å². The van der Waals surface area contributed by atoms with Gasteiger partial charge in [0.15, 0.2) is 0 Å². The monoisotopic (exact) mass is 188 g/mol. The minimum atomic E-state index is -0.724. The minimum Gasteiger partial charge on any atom is -0.365 e. The summed E-state index contributed by atoms with van der Waals surface area (Å²) in [5.41, 5.74) is 4.83. The number of hydrogen-bond acceptors (Lipinski definition) is 4. The van der Waals surface area contributed by atoms with Crippen LogP contribution in [-0.2, 0) is 4.79 Å². The average Bonchev–Trinajstić information content (AvgIpc) is 1.88. The maximum absolute atomic E-state index is 10.5. The zero-order valence-corrected chi connectivity index (χ0v) is 7.71. The Kier molecular flexibility index (Phi) is 4.83. The summed E-state index contributed by atoms with van der Waals surface area (Å²) in [6, 6.07) is 1.69. The van der Waals surface area contributed by atoms with Crippen LogP contribution in [0.1, 0.15) is 6.92 Å². The standard InChI is InChI=1S/C6H8N2OS2/c1-2-11-6(10)4(3-7)5(8)9/h10H,2H2,1H3,(H2,8,9)/b6-4+. The number of carbonyl (C=O) groups excluding carboxylic acids is 1. The van der Waals surface area contributed by atoms with Gasteiger partial charge >= 0.3 is 0 Å². The Morgan fingerprint density at radius 3 is 2.64 bits per heavy atom. The number of hydrogen-bond donors (Lipinski definition) is 2. The van der Waals surface area contributed by atoms with Crippen molar-refractivity contribution in [2.45, 2.75) is 6.92 Å². The van der Waals surface area contributed by atoms with E-state index in [-0.39, 0.29) is 5.57 Å². The van der Waals surface area contributed by atoms with E-state index in [0.717, 1.165) is 5.75 Å². The summed E-state index contributed by atoms with van der Waals surface area (Å²) < 4.78 is 0.391. The highest BCUT2D eigenvalue weighted by atomic mass is 32.2. The van der Waals surface area contributed by atoms with Gasteiger partial charge in [-0.25, -0.2) is 0 Å². The molecule has 0 aromatic rings. The first-order chi connectivity index (χ1) is 5.13. The van der Waals surface area contributed by atoms with E-state index in [1.54, 1.807) is 6.07 Å². The van der Waals surface area contributed by atoms with E-state index in [9.17, 15) is 4.79 Å². The van der Waals surface area contributed by atoms with Gasteiger partial charge in [-0.3, -0.25) is 4.79 Å². The predicted octanol–water partition coefficient (Wildman–Crippen LogP) is 0.890. The molecule has 0 aromatic heterocycles. The van der Waals surface area contributed by atoms with Crippen molar-refractivity contribution in [3.05, 3.63) is 9.81 Å². The lowest BCUT2D eigenvalue weighted by Crippen LogP contribution is -2.13. The fraction of sp³-hybridized carbons (Fsp3) is 0.333. The van der Waals surface area contributed by atoms with Crippen LogP contribution >= 0.6 is 24.4 Å². The molecule has 0 heterocycles.